The zero-order chi connectivity index (χ0) is 11.3. The molecule has 2 nitrogen and oxygen atoms in total. The van der Waals surface area contributed by atoms with E-state index in [-0.39, 0.29) is 5.92 Å². The molecule has 0 spiro atoms. The van der Waals surface area contributed by atoms with E-state index in [1.807, 2.05) is 0 Å². The lowest BCUT2D eigenvalue weighted by atomic mass is 9.81. The highest BCUT2D eigenvalue weighted by atomic mass is 16.1. The second-order valence-corrected chi connectivity index (χ2v) is 5.26. The fourth-order valence-corrected chi connectivity index (χ4v) is 2.60. The Labute approximate surface area is 93.6 Å². The molecule has 1 aliphatic carbocycles. The fourth-order valence-electron chi connectivity index (χ4n) is 2.60. The largest absolute Gasteiger partial charge is 0.330 e. The van der Waals surface area contributed by atoms with Crippen LogP contribution < -0.4 is 5.73 Å². The number of hydrogen-bond donors (Lipinski definition) is 1. The van der Waals surface area contributed by atoms with E-state index in [0.717, 1.165) is 6.42 Å². The maximum Gasteiger partial charge on any atom is 0.137 e. The highest BCUT2D eigenvalue weighted by Crippen LogP contribution is 2.28. The molecule has 88 valence electrons. The quantitative estimate of drug-likeness (QED) is 0.760. The Morgan fingerprint density at radius 3 is 2.33 bits per heavy atom. The van der Waals surface area contributed by atoms with Crippen molar-refractivity contribution >= 4 is 5.78 Å². The molecule has 0 bridgehead atoms. The molecule has 1 unspecified atom stereocenters. The molecule has 0 aromatic heterocycles. The summed E-state index contributed by atoms with van der Waals surface area (Å²) in [6.45, 7) is 4.70. The molecule has 1 atom stereocenters. The van der Waals surface area contributed by atoms with Gasteiger partial charge in [-0.1, -0.05) is 46.0 Å². The maximum atomic E-state index is 12.0. The first-order chi connectivity index (χ1) is 7.15. The van der Waals surface area contributed by atoms with Gasteiger partial charge in [0, 0.05) is 18.9 Å². The van der Waals surface area contributed by atoms with Crippen LogP contribution in [0.1, 0.15) is 52.4 Å². The Hall–Kier alpha value is -0.370. The van der Waals surface area contributed by atoms with Gasteiger partial charge in [-0.15, -0.1) is 0 Å². The highest BCUT2D eigenvalue weighted by Gasteiger charge is 2.24. The van der Waals surface area contributed by atoms with Crippen molar-refractivity contribution in [2.75, 3.05) is 6.54 Å². The number of rotatable bonds is 5. The number of hydrogen-bond acceptors (Lipinski definition) is 2. The molecule has 0 aromatic rings. The highest BCUT2D eigenvalue weighted by molar-refractivity contribution is 5.81. The van der Waals surface area contributed by atoms with Crippen molar-refractivity contribution in [2.24, 2.45) is 23.5 Å². The molecule has 1 saturated carbocycles. The predicted molar refractivity (Wildman–Crippen MR) is 63.6 cm³/mol. The van der Waals surface area contributed by atoms with Crippen LogP contribution in [0.25, 0.3) is 0 Å². The van der Waals surface area contributed by atoms with Crippen LogP contribution in [-0.2, 0) is 4.79 Å². The second kappa shape index (κ2) is 6.26. The van der Waals surface area contributed by atoms with Crippen molar-refractivity contribution in [3.05, 3.63) is 0 Å². The monoisotopic (exact) mass is 211 g/mol. The number of carbonyl (C=O) groups excluding carboxylic acids is 1. The van der Waals surface area contributed by atoms with E-state index >= 15 is 0 Å². The number of Topliss-reactive ketones (excluding diaryl/α,β-unsaturated/α-hetero) is 1. The van der Waals surface area contributed by atoms with Gasteiger partial charge in [0.05, 0.1) is 0 Å². The van der Waals surface area contributed by atoms with Crippen LogP contribution in [0.5, 0.6) is 0 Å². The first kappa shape index (κ1) is 12.7. The zero-order valence-electron chi connectivity index (χ0n) is 10.2. The topological polar surface area (TPSA) is 43.1 Å². The first-order valence-corrected chi connectivity index (χ1v) is 6.38. The Balaban J connectivity index is 2.38. The van der Waals surface area contributed by atoms with Gasteiger partial charge in [-0.05, 0) is 11.8 Å². The molecule has 0 aliphatic heterocycles. The van der Waals surface area contributed by atoms with Crippen molar-refractivity contribution in [3.8, 4) is 0 Å². The number of ketones is 1. The summed E-state index contributed by atoms with van der Waals surface area (Å²) in [4.78, 5) is 12.0. The maximum absolute atomic E-state index is 12.0. The van der Waals surface area contributed by atoms with Crippen LogP contribution in [0.4, 0.5) is 0 Å². The average Bonchev–Trinajstić information content (AvgIpc) is 2.19. The summed E-state index contributed by atoms with van der Waals surface area (Å²) >= 11 is 0. The van der Waals surface area contributed by atoms with E-state index in [0.29, 0.717) is 24.2 Å². The molecular formula is C13H25NO. The van der Waals surface area contributed by atoms with Crippen molar-refractivity contribution < 1.29 is 4.79 Å². The molecule has 2 N–H and O–H groups in total. The molecule has 15 heavy (non-hydrogen) atoms. The van der Waals surface area contributed by atoms with Crippen molar-refractivity contribution in [2.45, 2.75) is 52.4 Å². The smallest absolute Gasteiger partial charge is 0.137 e. The van der Waals surface area contributed by atoms with E-state index in [9.17, 15) is 4.79 Å². The molecule has 0 heterocycles. The van der Waals surface area contributed by atoms with Crippen LogP contribution in [0.15, 0.2) is 0 Å². The molecule has 1 rings (SSSR count). The van der Waals surface area contributed by atoms with Crippen LogP contribution in [0.3, 0.4) is 0 Å². The summed E-state index contributed by atoms with van der Waals surface area (Å²) in [7, 11) is 0. The van der Waals surface area contributed by atoms with E-state index in [4.69, 9.17) is 5.73 Å². The summed E-state index contributed by atoms with van der Waals surface area (Å²) in [5.41, 5.74) is 5.66. The lowest BCUT2D eigenvalue weighted by Crippen LogP contribution is -2.30. The third kappa shape index (κ3) is 3.94. The van der Waals surface area contributed by atoms with Crippen LogP contribution in [-0.4, -0.2) is 12.3 Å². The van der Waals surface area contributed by atoms with Gasteiger partial charge in [0.2, 0.25) is 0 Å². The summed E-state index contributed by atoms with van der Waals surface area (Å²) in [5, 5.41) is 0. The van der Waals surface area contributed by atoms with Gasteiger partial charge in [-0.25, -0.2) is 0 Å². The standard InChI is InChI=1S/C13H25NO/c1-10(2)12(9-14)13(15)8-11-6-4-3-5-7-11/h10-12H,3-9,14H2,1-2H3. The minimum absolute atomic E-state index is 0.0897. The molecule has 1 fully saturated rings. The molecule has 1 aliphatic rings. The van der Waals surface area contributed by atoms with E-state index in [1.54, 1.807) is 0 Å². The van der Waals surface area contributed by atoms with Crippen molar-refractivity contribution in [3.63, 3.8) is 0 Å². The molecule has 0 aromatic carbocycles. The predicted octanol–water partition coefficient (Wildman–Crippen LogP) is 2.76. The number of nitrogens with two attached hydrogens (primary N) is 1. The second-order valence-electron chi connectivity index (χ2n) is 5.26. The minimum atomic E-state index is 0.0897. The molecule has 2 heteroatoms. The Kier molecular flexibility index (Phi) is 5.30. The SMILES string of the molecule is CC(C)C(CN)C(=O)CC1CCCCC1. The summed E-state index contributed by atoms with van der Waals surface area (Å²) in [5.74, 6) is 1.54. The molecule has 0 amide bonds. The van der Waals surface area contributed by atoms with Gasteiger partial charge in [0.1, 0.15) is 5.78 Å². The Morgan fingerprint density at radius 1 is 1.27 bits per heavy atom. The van der Waals surface area contributed by atoms with Gasteiger partial charge < -0.3 is 5.73 Å². The third-order valence-electron chi connectivity index (χ3n) is 3.69. The van der Waals surface area contributed by atoms with Gasteiger partial charge in [-0.2, -0.15) is 0 Å². The van der Waals surface area contributed by atoms with Crippen LogP contribution in [0, 0.1) is 17.8 Å². The lowest BCUT2D eigenvalue weighted by Gasteiger charge is -2.24. The summed E-state index contributed by atoms with van der Waals surface area (Å²) < 4.78 is 0. The first-order valence-electron chi connectivity index (χ1n) is 6.38. The minimum Gasteiger partial charge on any atom is -0.330 e. The fraction of sp³-hybridized carbons (Fsp3) is 0.923. The van der Waals surface area contributed by atoms with Crippen molar-refractivity contribution in [1.29, 1.82) is 0 Å². The van der Waals surface area contributed by atoms with Crippen molar-refractivity contribution in [1.82, 2.24) is 0 Å². The lowest BCUT2D eigenvalue weighted by molar-refractivity contribution is -0.125. The summed E-state index contributed by atoms with van der Waals surface area (Å²) in [6.07, 6.45) is 7.26. The van der Waals surface area contributed by atoms with Gasteiger partial charge in [0.15, 0.2) is 0 Å². The van der Waals surface area contributed by atoms with Crippen LogP contribution >= 0.6 is 0 Å². The average molecular weight is 211 g/mol. The summed E-state index contributed by atoms with van der Waals surface area (Å²) in [6, 6.07) is 0. The normalized spacial score (nSPS) is 20.5. The van der Waals surface area contributed by atoms with E-state index in [2.05, 4.69) is 13.8 Å². The van der Waals surface area contributed by atoms with Gasteiger partial charge in [-0.3, -0.25) is 4.79 Å². The Morgan fingerprint density at radius 2 is 1.87 bits per heavy atom. The zero-order valence-corrected chi connectivity index (χ0v) is 10.2. The van der Waals surface area contributed by atoms with Crippen LogP contribution in [0.2, 0.25) is 0 Å². The third-order valence-corrected chi connectivity index (χ3v) is 3.69. The van der Waals surface area contributed by atoms with Gasteiger partial charge >= 0.3 is 0 Å². The number of carbonyl (C=O) groups is 1. The van der Waals surface area contributed by atoms with E-state index < -0.39 is 0 Å². The van der Waals surface area contributed by atoms with Gasteiger partial charge in [0.25, 0.3) is 0 Å². The Bertz CT molecular complexity index is 195. The molecule has 0 radical (unpaired) electrons. The van der Waals surface area contributed by atoms with E-state index in [1.165, 1.54) is 32.1 Å². The molecular weight excluding hydrogens is 186 g/mol. The molecule has 0 saturated heterocycles.